The van der Waals surface area contributed by atoms with Crippen LogP contribution in [0.5, 0.6) is 0 Å². The summed E-state index contributed by atoms with van der Waals surface area (Å²) in [4.78, 5) is 15.0. The van der Waals surface area contributed by atoms with Crippen molar-refractivity contribution in [3.05, 3.63) is 108 Å². The number of amides is 2. The van der Waals surface area contributed by atoms with Crippen LogP contribution in [-0.4, -0.2) is 24.0 Å². The van der Waals surface area contributed by atoms with E-state index in [4.69, 9.17) is 0 Å². The lowest BCUT2D eigenvalue weighted by Gasteiger charge is -2.33. The molecule has 1 aliphatic heterocycles. The highest BCUT2D eigenvalue weighted by atomic mass is 16.2. The number of benzene rings is 3. The van der Waals surface area contributed by atoms with Gasteiger partial charge in [0.15, 0.2) is 0 Å². The van der Waals surface area contributed by atoms with Gasteiger partial charge in [-0.3, -0.25) is 0 Å². The molecular weight excluding hydrogens is 356 g/mol. The third-order valence-corrected chi connectivity index (χ3v) is 5.80. The van der Waals surface area contributed by atoms with E-state index in [9.17, 15) is 4.79 Å². The Bertz CT molecular complexity index is 848. The van der Waals surface area contributed by atoms with Gasteiger partial charge in [-0.25, -0.2) is 4.79 Å². The molecule has 4 rings (SSSR count). The first-order valence-electron chi connectivity index (χ1n) is 10.5. The largest absolute Gasteiger partial charge is 0.327 e. The molecule has 3 nitrogen and oxygen atoms in total. The fraction of sp³-hybridized carbons (Fsp3) is 0.269. The molecule has 1 N–H and O–H groups in total. The van der Waals surface area contributed by atoms with E-state index in [0.29, 0.717) is 5.92 Å². The highest BCUT2D eigenvalue weighted by molar-refractivity contribution is 5.75. The Morgan fingerprint density at radius 1 is 0.793 bits per heavy atom. The Labute approximate surface area is 173 Å². The van der Waals surface area contributed by atoms with Crippen LogP contribution in [0, 0.1) is 5.92 Å². The Balaban J connectivity index is 1.39. The normalized spacial score (nSPS) is 14.7. The number of nitrogens with one attached hydrogen (secondary N) is 1. The van der Waals surface area contributed by atoms with Crippen LogP contribution >= 0.6 is 0 Å². The van der Waals surface area contributed by atoms with E-state index >= 15 is 0 Å². The van der Waals surface area contributed by atoms with E-state index in [-0.39, 0.29) is 12.1 Å². The van der Waals surface area contributed by atoms with Crippen LogP contribution < -0.4 is 5.32 Å². The smallest absolute Gasteiger partial charge is 0.318 e. The topological polar surface area (TPSA) is 32.3 Å². The van der Waals surface area contributed by atoms with Crippen molar-refractivity contribution >= 4 is 6.03 Å². The van der Waals surface area contributed by atoms with Crippen molar-refractivity contribution in [2.45, 2.75) is 25.3 Å². The predicted molar refractivity (Wildman–Crippen MR) is 118 cm³/mol. The van der Waals surface area contributed by atoms with Gasteiger partial charge in [0.2, 0.25) is 0 Å². The molecule has 0 spiro atoms. The molecule has 29 heavy (non-hydrogen) atoms. The number of piperidine rings is 1. The van der Waals surface area contributed by atoms with Crippen molar-refractivity contribution in [1.29, 1.82) is 0 Å². The number of rotatable bonds is 5. The van der Waals surface area contributed by atoms with Gasteiger partial charge in [0, 0.05) is 13.1 Å². The Hall–Kier alpha value is -3.07. The summed E-state index contributed by atoms with van der Waals surface area (Å²) in [6, 6.07) is 30.9. The first-order chi connectivity index (χ1) is 14.3. The minimum atomic E-state index is -0.132. The average Bonchev–Trinajstić information content (AvgIpc) is 2.80. The Kier molecular flexibility index (Phi) is 6.25. The number of carbonyl (C=O) groups is 1. The van der Waals surface area contributed by atoms with Crippen molar-refractivity contribution in [2.75, 3.05) is 13.1 Å². The van der Waals surface area contributed by atoms with Crippen LogP contribution in [0.4, 0.5) is 4.79 Å². The van der Waals surface area contributed by atoms with E-state index in [0.717, 1.165) is 43.5 Å². The number of urea groups is 1. The van der Waals surface area contributed by atoms with Gasteiger partial charge >= 0.3 is 6.03 Å². The third kappa shape index (κ3) is 5.05. The Morgan fingerprint density at radius 2 is 1.28 bits per heavy atom. The molecular formula is C26H28N2O. The van der Waals surface area contributed by atoms with Crippen molar-refractivity contribution < 1.29 is 4.79 Å². The van der Waals surface area contributed by atoms with Gasteiger partial charge in [0.25, 0.3) is 0 Å². The van der Waals surface area contributed by atoms with Crippen LogP contribution in [0.2, 0.25) is 0 Å². The molecule has 1 aliphatic rings. The molecule has 3 heteroatoms. The first kappa shape index (κ1) is 19.3. The number of carbonyl (C=O) groups excluding carboxylic acids is 1. The maximum Gasteiger partial charge on any atom is 0.318 e. The molecule has 2 amide bonds. The molecule has 0 bridgehead atoms. The van der Waals surface area contributed by atoms with Gasteiger partial charge in [-0.1, -0.05) is 91.0 Å². The van der Waals surface area contributed by atoms with Crippen LogP contribution in [0.3, 0.4) is 0 Å². The zero-order chi connectivity index (χ0) is 19.9. The second kappa shape index (κ2) is 9.42. The first-order valence-corrected chi connectivity index (χ1v) is 10.5. The summed E-state index contributed by atoms with van der Waals surface area (Å²) in [7, 11) is 0. The summed E-state index contributed by atoms with van der Waals surface area (Å²) >= 11 is 0. The zero-order valence-corrected chi connectivity index (χ0v) is 16.7. The van der Waals surface area contributed by atoms with Crippen LogP contribution in [0.25, 0.3) is 0 Å². The molecule has 1 saturated heterocycles. The van der Waals surface area contributed by atoms with E-state index in [1.54, 1.807) is 0 Å². The minimum Gasteiger partial charge on any atom is -0.327 e. The molecule has 3 aromatic rings. The summed E-state index contributed by atoms with van der Waals surface area (Å²) < 4.78 is 0. The second-order valence-electron chi connectivity index (χ2n) is 7.82. The van der Waals surface area contributed by atoms with Gasteiger partial charge < -0.3 is 10.2 Å². The molecule has 0 radical (unpaired) electrons. The Morgan fingerprint density at radius 3 is 1.79 bits per heavy atom. The second-order valence-corrected chi connectivity index (χ2v) is 7.82. The van der Waals surface area contributed by atoms with Crippen molar-refractivity contribution in [2.24, 2.45) is 5.92 Å². The summed E-state index contributed by atoms with van der Waals surface area (Å²) in [6.07, 6.45) is 3.22. The maximum absolute atomic E-state index is 13.0. The predicted octanol–water partition coefficient (Wildman–Crippen LogP) is 5.44. The zero-order valence-electron chi connectivity index (χ0n) is 16.7. The summed E-state index contributed by atoms with van der Waals surface area (Å²) in [6.45, 7) is 1.64. The fourth-order valence-corrected chi connectivity index (χ4v) is 4.15. The van der Waals surface area contributed by atoms with Crippen LogP contribution in [0.1, 0.15) is 35.6 Å². The summed E-state index contributed by atoms with van der Waals surface area (Å²) in [5, 5.41) is 3.27. The van der Waals surface area contributed by atoms with E-state index in [1.807, 2.05) is 41.3 Å². The molecule has 0 unspecified atom stereocenters. The lowest BCUT2D eigenvalue weighted by molar-refractivity contribution is 0.168. The standard InChI is InChI=1S/C26H28N2O/c29-26(28-18-16-22(17-19-28)20-21-10-4-1-5-11-21)27-25(23-12-6-2-7-13-23)24-14-8-3-9-15-24/h1-15,22,25H,16-20H2,(H,27,29). The van der Waals surface area contributed by atoms with E-state index in [1.165, 1.54) is 5.56 Å². The number of hydrogen-bond donors (Lipinski definition) is 1. The molecule has 148 valence electrons. The molecule has 3 aromatic carbocycles. The number of likely N-dealkylation sites (tertiary alicyclic amines) is 1. The summed E-state index contributed by atoms with van der Waals surface area (Å²) in [5.74, 6) is 0.653. The van der Waals surface area contributed by atoms with Gasteiger partial charge in [-0.2, -0.15) is 0 Å². The third-order valence-electron chi connectivity index (χ3n) is 5.80. The monoisotopic (exact) mass is 384 g/mol. The average molecular weight is 385 g/mol. The lowest BCUT2D eigenvalue weighted by atomic mass is 9.90. The highest BCUT2D eigenvalue weighted by Crippen LogP contribution is 2.24. The van der Waals surface area contributed by atoms with Crippen LogP contribution in [-0.2, 0) is 6.42 Å². The molecule has 0 saturated carbocycles. The van der Waals surface area contributed by atoms with Gasteiger partial charge in [-0.15, -0.1) is 0 Å². The molecule has 0 aliphatic carbocycles. The lowest BCUT2D eigenvalue weighted by Crippen LogP contribution is -2.46. The minimum absolute atomic E-state index is 0.0286. The summed E-state index contributed by atoms with van der Waals surface area (Å²) in [5.41, 5.74) is 3.60. The highest BCUT2D eigenvalue weighted by Gasteiger charge is 2.25. The van der Waals surface area contributed by atoms with Gasteiger partial charge in [0.05, 0.1) is 6.04 Å². The van der Waals surface area contributed by atoms with E-state index in [2.05, 4.69) is 59.9 Å². The fourth-order valence-electron chi connectivity index (χ4n) is 4.15. The number of hydrogen-bond acceptors (Lipinski definition) is 1. The molecule has 0 atom stereocenters. The van der Waals surface area contributed by atoms with Gasteiger partial charge in [-0.05, 0) is 41.9 Å². The van der Waals surface area contributed by atoms with Gasteiger partial charge in [0.1, 0.15) is 0 Å². The number of nitrogens with zero attached hydrogens (tertiary/aromatic N) is 1. The van der Waals surface area contributed by atoms with Crippen LogP contribution in [0.15, 0.2) is 91.0 Å². The molecule has 1 fully saturated rings. The van der Waals surface area contributed by atoms with E-state index < -0.39 is 0 Å². The van der Waals surface area contributed by atoms with Crippen molar-refractivity contribution in [1.82, 2.24) is 10.2 Å². The maximum atomic E-state index is 13.0. The molecule has 1 heterocycles. The van der Waals surface area contributed by atoms with Crippen molar-refractivity contribution in [3.63, 3.8) is 0 Å². The molecule has 0 aromatic heterocycles. The SMILES string of the molecule is O=C(NC(c1ccccc1)c1ccccc1)N1CCC(Cc2ccccc2)CC1. The quantitative estimate of drug-likeness (QED) is 0.624. The van der Waals surface area contributed by atoms with Crippen molar-refractivity contribution in [3.8, 4) is 0 Å².